The molecule has 0 aliphatic heterocycles. The van der Waals surface area contributed by atoms with Crippen LogP contribution in [0.2, 0.25) is 0 Å². The van der Waals surface area contributed by atoms with Gasteiger partial charge in [0.25, 0.3) is 5.69 Å². The van der Waals surface area contributed by atoms with E-state index in [4.69, 9.17) is 16.3 Å². The van der Waals surface area contributed by atoms with Crippen LogP contribution in [-0.2, 0) is 15.7 Å². The third-order valence-corrected chi connectivity index (χ3v) is 4.45. The van der Waals surface area contributed by atoms with Gasteiger partial charge in [0.15, 0.2) is 9.84 Å². The molecular weight excluding hydrogens is 294 g/mol. The number of benzene rings is 1. The molecule has 0 N–H and O–H groups in total. The standard InChI is InChI=1S/C11H14ClNO5S/c1-2-19(16,17)6-5-18-11-4-3-10(13(14)15)7-9(11)8-12/h3-4,7H,2,5-6,8H2,1H3. The van der Waals surface area contributed by atoms with Crippen LogP contribution >= 0.6 is 11.6 Å². The van der Waals surface area contributed by atoms with Crippen LogP contribution < -0.4 is 4.74 Å². The fraction of sp³-hybridized carbons (Fsp3) is 0.455. The van der Waals surface area contributed by atoms with Gasteiger partial charge >= 0.3 is 0 Å². The Kier molecular flexibility index (Phi) is 5.56. The van der Waals surface area contributed by atoms with E-state index in [9.17, 15) is 18.5 Å². The van der Waals surface area contributed by atoms with Crippen LogP contribution in [0, 0.1) is 10.1 Å². The zero-order valence-electron chi connectivity index (χ0n) is 10.3. The van der Waals surface area contributed by atoms with E-state index in [-0.39, 0.29) is 29.7 Å². The van der Waals surface area contributed by atoms with E-state index in [1.807, 2.05) is 0 Å². The third-order valence-electron chi connectivity index (χ3n) is 2.49. The topological polar surface area (TPSA) is 86.5 Å². The lowest BCUT2D eigenvalue weighted by molar-refractivity contribution is -0.384. The normalized spacial score (nSPS) is 11.3. The average molecular weight is 308 g/mol. The Morgan fingerprint density at radius 2 is 2.11 bits per heavy atom. The van der Waals surface area contributed by atoms with Crippen LogP contribution in [0.1, 0.15) is 12.5 Å². The average Bonchev–Trinajstić information content (AvgIpc) is 2.38. The number of halogens is 1. The summed E-state index contributed by atoms with van der Waals surface area (Å²) in [4.78, 5) is 10.1. The van der Waals surface area contributed by atoms with Crippen molar-refractivity contribution < 1.29 is 18.1 Å². The molecule has 6 nitrogen and oxygen atoms in total. The Balaban J connectivity index is 2.76. The van der Waals surface area contributed by atoms with Crippen molar-refractivity contribution in [2.75, 3.05) is 18.1 Å². The van der Waals surface area contributed by atoms with Crippen LogP contribution in [0.15, 0.2) is 18.2 Å². The zero-order chi connectivity index (χ0) is 14.5. The van der Waals surface area contributed by atoms with Crippen molar-refractivity contribution in [1.29, 1.82) is 0 Å². The Hall–Kier alpha value is -1.34. The van der Waals surface area contributed by atoms with E-state index >= 15 is 0 Å². The molecule has 0 bridgehead atoms. The molecular formula is C11H14ClNO5S. The van der Waals surface area contributed by atoms with E-state index in [2.05, 4.69) is 0 Å². The summed E-state index contributed by atoms with van der Waals surface area (Å²) in [6.07, 6.45) is 0. The van der Waals surface area contributed by atoms with E-state index in [0.717, 1.165) is 0 Å². The zero-order valence-corrected chi connectivity index (χ0v) is 11.9. The first-order valence-electron chi connectivity index (χ1n) is 5.56. The molecule has 106 valence electrons. The second kappa shape index (κ2) is 6.72. The molecule has 0 saturated carbocycles. The summed E-state index contributed by atoms with van der Waals surface area (Å²) < 4.78 is 27.9. The third kappa shape index (κ3) is 4.68. The summed E-state index contributed by atoms with van der Waals surface area (Å²) >= 11 is 5.68. The maximum absolute atomic E-state index is 11.3. The Morgan fingerprint density at radius 3 is 2.63 bits per heavy atom. The van der Waals surface area contributed by atoms with Gasteiger partial charge in [-0.2, -0.15) is 0 Å². The number of ether oxygens (including phenoxy) is 1. The molecule has 0 aliphatic rings. The number of rotatable bonds is 7. The van der Waals surface area contributed by atoms with Gasteiger partial charge in [0, 0.05) is 23.4 Å². The Labute approximate surface area is 116 Å². The van der Waals surface area contributed by atoms with Crippen LogP contribution in [0.3, 0.4) is 0 Å². The van der Waals surface area contributed by atoms with E-state index in [0.29, 0.717) is 11.3 Å². The van der Waals surface area contributed by atoms with Crippen molar-refractivity contribution in [1.82, 2.24) is 0 Å². The molecule has 1 aromatic carbocycles. The second-order valence-corrected chi connectivity index (χ2v) is 6.51. The monoisotopic (exact) mass is 307 g/mol. The molecule has 0 aliphatic carbocycles. The minimum atomic E-state index is -3.10. The van der Waals surface area contributed by atoms with Crippen molar-refractivity contribution in [2.24, 2.45) is 0 Å². The highest BCUT2D eigenvalue weighted by Crippen LogP contribution is 2.25. The van der Waals surface area contributed by atoms with Gasteiger partial charge in [0.1, 0.15) is 12.4 Å². The number of nitrogens with zero attached hydrogens (tertiary/aromatic N) is 1. The van der Waals surface area contributed by atoms with Crippen LogP contribution in [0.25, 0.3) is 0 Å². The van der Waals surface area contributed by atoms with Crippen molar-refractivity contribution in [3.05, 3.63) is 33.9 Å². The molecule has 0 unspecified atom stereocenters. The van der Waals surface area contributed by atoms with Crippen molar-refractivity contribution in [2.45, 2.75) is 12.8 Å². The molecule has 0 spiro atoms. The first-order valence-corrected chi connectivity index (χ1v) is 7.91. The maximum atomic E-state index is 11.3. The summed E-state index contributed by atoms with van der Waals surface area (Å²) in [5.41, 5.74) is 0.383. The first-order chi connectivity index (χ1) is 8.89. The van der Waals surface area contributed by atoms with E-state index < -0.39 is 14.8 Å². The number of nitro benzene ring substituents is 1. The number of alkyl halides is 1. The molecule has 0 atom stereocenters. The van der Waals surface area contributed by atoms with Gasteiger partial charge in [-0.05, 0) is 6.07 Å². The molecule has 1 rings (SSSR count). The molecule has 0 saturated heterocycles. The molecule has 19 heavy (non-hydrogen) atoms. The predicted molar refractivity (Wildman–Crippen MR) is 72.5 cm³/mol. The van der Waals surface area contributed by atoms with E-state index in [1.165, 1.54) is 18.2 Å². The largest absolute Gasteiger partial charge is 0.492 e. The summed E-state index contributed by atoms with van der Waals surface area (Å²) in [6, 6.07) is 4.03. The molecule has 0 heterocycles. The van der Waals surface area contributed by atoms with Crippen LogP contribution in [-0.4, -0.2) is 31.5 Å². The maximum Gasteiger partial charge on any atom is 0.270 e. The van der Waals surface area contributed by atoms with Gasteiger partial charge in [0.2, 0.25) is 0 Å². The fourth-order valence-electron chi connectivity index (χ4n) is 1.35. The number of hydrogen-bond acceptors (Lipinski definition) is 5. The van der Waals surface area contributed by atoms with Crippen molar-refractivity contribution in [3.63, 3.8) is 0 Å². The lowest BCUT2D eigenvalue weighted by Gasteiger charge is -2.09. The van der Waals surface area contributed by atoms with Gasteiger partial charge in [-0.25, -0.2) is 8.42 Å². The highest BCUT2D eigenvalue weighted by molar-refractivity contribution is 7.91. The van der Waals surface area contributed by atoms with Gasteiger partial charge < -0.3 is 4.74 Å². The van der Waals surface area contributed by atoms with Crippen molar-refractivity contribution >= 4 is 27.1 Å². The van der Waals surface area contributed by atoms with Crippen LogP contribution in [0.5, 0.6) is 5.75 Å². The number of sulfone groups is 1. The minimum absolute atomic E-state index is 0.00211. The van der Waals surface area contributed by atoms with E-state index in [1.54, 1.807) is 6.92 Å². The Bertz CT molecular complexity index is 558. The molecule has 0 aromatic heterocycles. The molecule has 0 fully saturated rings. The highest BCUT2D eigenvalue weighted by Gasteiger charge is 2.12. The number of nitro groups is 1. The smallest absolute Gasteiger partial charge is 0.270 e. The quantitative estimate of drug-likeness (QED) is 0.437. The van der Waals surface area contributed by atoms with Gasteiger partial charge in [-0.3, -0.25) is 10.1 Å². The molecule has 0 amide bonds. The number of non-ortho nitro benzene ring substituents is 1. The fourth-order valence-corrected chi connectivity index (χ4v) is 2.18. The summed E-state index contributed by atoms with van der Waals surface area (Å²) in [7, 11) is -3.10. The predicted octanol–water partition coefficient (Wildman–Crippen LogP) is 2.15. The molecule has 8 heteroatoms. The minimum Gasteiger partial charge on any atom is -0.492 e. The van der Waals surface area contributed by atoms with Gasteiger partial charge in [0.05, 0.1) is 16.6 Å². The SMILES string of the molecule is CCS(=O)(=O)CCOc1ccc([N+](=O)[O-])cc1CCl. The van der Waals surface area contributed by atoms with Gasteiger partial charge in [-0.1, -0.05) is 6.92 Å². The molecule has 1 aromatic rings. The molecule has 0 radical (unpaired) electrons. The lowest BCUT2D eigenvalue weighted by Crippen LogP contribution is -2.16. The number of hydrogen-bond donors (Lipinski definition) is 0. The summed E-state index contributed by atoms with van der Waals surface area (Å²) in [5, 5.41) is 10.6. The van der Waals surface area contributed by atoms with Crippen molar-refractivity contribution in [3.8, 4) is 5.75 Å². The van der Waals surface area contributed by atoms with Crippen LogP contribution in [0.4, 0.5) is 5.69 Å². The summed E-state index contributed by atoms with van der Waals surface area (Å²) in [5.74, 6) is 0.380. The first kappa shape index (κ1) is 15.7. The highest BCUT2D eigenvalue weighted by atomic mass is 35.5. The lowest BCUT2D eigenvalue weighted by atomic mass is 10.2. The second-order valence-electron chi connectivity index (χ2n) is 3.77. The summed E-state index contributed by atoms with van der Waals surface area (Å²) in [6.45, 7) is 1.56. The van der Waals surface area contributed by atoms with Gasteiger partial charge in [-0.15, -0.1) is 11.6 Å². The Morgan fingerprint density at radius 1 is 1.42 bits per heavy atom.